The first kappa shape index (κ1) is 36.3. The van der Waals surface area contributed by atoms with Gasteiger partial charge in [0.1, 0.15) is 5.66 Å². The minimum absolute atomic E-state index is 0.0566. The van der Waals surface area contributed by atoms with E-state index in [-0.39, 0.29) is 24.1 Å². The molecule has 3 aliphatic heterocycles. The maximum absolute atomic E-state index is 12.3. The van der Waals surface area contributed by atoms with Gasteiger partial charge in [0.2, 0.25) is 0 Å². The van der Waals surface area contributed by atoms with Crippen molar-refractivity contribution in [3.63, 3.8) is 0 Å². The number of urea groups is 1. The summed E-state index contributed by atoms with van der Waals surface area (Å²) in [5.74, 6) is 0.807. The number of carbonyl (C=O) groups is 2. The molecule has 0 bridgehead atoms. The number of amides is 2. The average Bonchev–Trinajstić information content (AvgIpc) is 3.70. The van der Waals surface area contributed by atoms with Gasteiger partial charge in [0.25, 0.3) is 0 Å². The van der Waals surface area contributed by atoms with E-state index in [1.165, 1.54) is 0 Å². The van der Waals surface area contributed by atoms with Gasteiger partial charge in [0.05, 0.1) is 18.7 Å². The number of nitrogens with two attached hydrogens (primary N) is 4. The molecule has 8 rings (SSSR count). The topological polar surface area (TPSA) is 196 Å². The maximum atomic E-state index is 12.3. The Morgan fingerprint density at radius 2 is 1.38 bits per heavy atom. The van der Waals surface area contributed by atoms with Crippen LogP contribution in [0.25, 0.3) is 21.5 Å². The minimum atomic E-state index is -0.423. The van der Waals surface area contributed by atoms with Crippen LogP contribution in [0.5, 0.6) is 0 Å². The van der Waals surface area contributed by atoms with Crippen LogP contribution >= 0.6 is 11.8 Å². The van der Waals surface area contributed by atoms with Gasteiger partial charge in [0.15, 0.2) is 0 Å². The van der Waals surface area contributed by atoms with Gasteiger partial charge in [-0.1, -0.05) is 61.0 Å². The summed E-state index contributed by atoms with van der Waals surface area (Å²) in [7, 11) is 0. The van der Waals surface area contributed by atoms with Crippen molar-refractivity contribution in [1.29, 1.82) is 0 Å². The second-order valence-electron chi connectivity index (χ2n) is 13.6. The lowest BCUT2D eigenvalue weighted by molar-refractivity contribution is -0.144. The third-order valence-corrected chi connectivity index (χ3v) is 11.1. The number of carbonyl (C=O) groups excluding carboxylic acids is 2. The molecule has 2 fully saturated rings. The Balaban J connectivity index is 0.000000198. The molecule has 0 saturated carbocycles. The predicted octanol–water partition coefficient (Wildman–Crippen LogP) is 6.91. The molecule has 0 aromatic heterocycles. The number of para-hydroxylation sites is 1. The first-order chi connectivity index (χ1) is 25.1. The number of anilines is 6. The van der Waals surface area contributed by atoms with Gasteiger partial charge in [-0.05, 0) is 62.2 Å². The zero-order valence-electron chi connectivity index (χ0n) is 29.4. The Morgan fingerprint density at radius 1 is 0.769 bits per heavy atom. The maximum Gasteiger partial charge on any atom is 0.315 e. The number of esters is 1. The van der Waals surface area contributed by atoms with Crippen molar-refractivity contribution in [2.75, 3.05) is 45.9 Å². The Morgan fingerprint density at radius 3 is 2.06 bits per heavy atom. The van der Waals surface area contributed by atoms with Gasteiger partial charge < -0.3 is 48.9 Å². The van der Waals surface area contributed by atoms with Crippen LogP contribution in [0.1, 0.15) is 39.0 Å². The number of ether oxygens (including phenoxy) is 1. The van der Waals surface area contributed by atoms with Crippen molar-refractivity contribution < 1.29 is 14.3 Å². The molecule has 2 saturated heterocycles. The smallest absolute Gasteiger partial charge is 0.315 e. The summed E-state index contributed by atoms with van der Waals surface area (Å²) in [6.45, 7) is 2.41. The van der Waals surface area contributed by atoms with Gasteiger partial charge >= 0.3 is 12.0 Å². The normalized spacial score (nSPS) is 20.9. The lowest BCUT2D eigenvalue weighted by Gasteiger charge is -2.39. The van der Waals surface area contributed by atoms with Crippen LogP contribution in [-0.2, 0) is 9.53 Å². The van der Waals surface area contributed by atoms with E-state index in [1.807, 2.05) is 109 Å². The Labute approximate surface area is 308 Å². The van der Waals surface area contributed by atoms with Crippen LogP contribution in [0.2, 0.25) is 0 Å². The standard InChI is InChI=1S/C24H31N5O3S.C10H10N2.C6H7N/c1-24(28-16-6-4-5-14-15(25)9-10-17(29-24)21(14)16)11-12-32-20(30)8-3-2-7-19-22-18(13-33-19)26-23(31)27-22;11-9-5-6-10(12)8-4-2-1-3-7(8)9;7-6-4-2-1-3-5-6/h4-6,9-10,18-19,22,28-29H,2-3,7-8,11-13,25H2,1H3,(H2,26,27,31);1-6H,11-12H2;1-5H,7H2/t18-,19-,22?,24?;;/m1../s1. The molecule has 3 heterocycles. The van der Waals surface area contributed by atoms with Crippen molar-refractivity contribution >= 4 is 79.4 Å². The molecule has 3 aliphatic rings. The second kappa shape index (κ2) is 16.2. The van der Waals surface area contributed by atoms with Crippen LogP contribution in [0, 0.1) is 0 Å². The molecule has 5 aromatic rings. The van der Waals surface area contributed by atoms with Gasteiger partial charge in [-0.3, -0.25) is 4.79 Å². The molecule has 5 aromatic carbocycles. The lowest BCUT2D eigenvalue weighted by atomic mass is 9.97. The third kappa shape index (κ3) is 8.68. The van der Waals surface area contributed by atoms with Crippen molar-refractivity contribution in [1.82, 2.24) is 10.6 Å². The monoisotopic (exact) mass is 720 g/mol. The van der Waals surface area contributed by atoms with E-state index >= 15 is 0 Å². The summed E-state index contributed by atoms with van der Waals surface area (Å²) in [4.78, 5) is 23.7. The third-order valence-electron chi connectivity index (χ3n) is 9.61. The van der Waals surface area contributed by atoms with Crippen LogP contribution < -0.4 is 44.2 Å². The van der Waals surface area contributed by atoms with Crippen molar-refractivity contribution in [3.05, 3.63) is 97.1 Å². The van der Waals surface area contributed by atoms with E-state index in [0.717, 1.165) is 80.7 Å². The molecule has 12 N–H and O–H groups in total. The van der Waals surface area contributed by atoms with Crippen molar-refractivity contribution in [3.8, 4) is 0 Å². The molecule has 0 aliphatic carbocycles. The molecule has 52 heavy (non-hydrogen) atoms. The highest BCUT2D eigenvalue weighted by Crippen LogP contribution is 2.41. The molecule has 12 heteroatoms. The zero-order valence-corrected chi connectivity index (χ0v) is 30.2. The first-order valence-electron chi connectivity index (χ1n) is 17.7. The van der Waals surface area contributed by atoms with Crippen molar-refractivity contribution in [2.45, 2.75) is 62.0 Å². The summed E-state index contributed by atoms with van der Waals surface area (Å²) in [6, 6.07) is 31.4. The second-order valence-corrected chi connectivity index (χ2v) is 14.8. The number of hydrogen-bond donors (Lipinski definition) is 8. The zero-order chi connectivity index (χ0) is 36.7. The Hall–Kier alpha value is -5.49. The van der Waals surface area contributed by atoms with Crippen LogP contribution in [-0.4, -0.2) is 47.4 Å². The number of benzene rings is 5. The van der Waals surface area contributed by atoms with E-state index in [2.05, 4.69) is 28.2 Å². The summed E-state index contributed by atoms with van der Waals surface area (Å²) in [6.07, 6.45) is 3.82. The number of nitrogen functional groups attached to an aromatic ring is 4. The number of thioether (sulfide) groups is 1. The summed E-state index contributed by atoms with van der Waals surface area (Å²) in [5, 5.41) is 17.7. The highest BCUT2D eigenvalue weighted by molar-refractivity contribution is 8.00. The fraction of sp³-hybridized carbons (Fsp3) is 0.300. The Bertz CT molecular complexity index is 1970. The van der Waals surface area contributed by atoms with Gasteiger partial charge in [-0.2, -0.15) is 11.8 Å². The molecular weight excluding hydrogens is 673 g/mol. The number of hydrogen-bond acceptors (Lipinski definition) is 10. The van der Waals surface area contributed by atoms with Crippen molar-refractivity contribution in [2.24, 2.45) is 0 Å². The van der Waals surface area contributed by atoms with E-state index < -0.39 is 5.66 Å². The highest BCUT2D eigenvalue weighted by Gasteiger charge is 2.42. The minimum Gasteiger partial charge on any atom is -0.466 e. The van der Waals surface area contributed by atoms with Crippen LogP contribution in [0.15, 0.2) is 97.1 Å². The molecule has 2 unspecified atom stereocenters. The first-order valence-corrected chi connectivity index (χ1v) is 18.7. The largest absolute Gasteiger partial charge is 0.466 e. The van der Waals surface area contributed by atoms with E-state index in [0.29, 0.717) is 24.7 Å². The number of nitrogens with one attached hydrogen (secondary N) is 4. The highest BCUT2D eigenvalue weighted by atomic mass is 32.2. The average molecular weight is 721 g/mol. The summed E-state index contributed by atoms with van der Waals surface area (Å²) >= 11 is 1.90. The fourth-order valence-corrected chi connectivity index (χ4v) is 8.43. The molecule has 2 amide bonds. The van der Waals surface area contributed by atoms with Crippen LogP contribution in [0.3, 0.4) is 0 Å². The van der Waals surface area contributed by atoms with Gasteiger partial charge in [-0.15, -0.1) is 0 Å². The Kier molecular flexibility index (Phi) is 11.3. The predicted molar refractivity (Wildman–Crippen MR) is 217 cm³/mol. The van der Waals surface area contributed by atoms with E-state index in [1.54, 1.807) is 0 Å². The number of unbranched alkanes of at least 4 members (excludes halogenated alkanes) is 1. The molecule has 11 nitrogen and oxygen atoms in total. The van der Waals surface area contributed by atoms with Crippen LogP contribution in [0.4, 0.5) is 38.9 Å². The fourth-order valence-electron chi connectivity index (χ4n) is 6.89. The van der Waals surface area contributed by atoms with Gasteiger partial charge in [0, 0.05) is 79.5 Å². The SMILES string of the molecule is CC1(CCOC(=O)CCCC[C@H]2SC[C@H]3NC(=O)NC32)Nc2cccc3c(N)ccc(c23)N1.Nc1ccc(N)c2ccccc12.Nc1ccccc1. The summed E-state index contributed by atoms with van der Waals surface area (Å²) in [5.41, 5.74) is 27.8. The van der Waals surface area contributed by atoms with E-state index in [9.17, 15) is 9.59 Å². The molecule has 0 spiro atoms. The van der Waals surface area contributed by atoms with E-state index in [4.69, 9.17) is 27.7 Å². The molecule has 272 valence electrons. The van der Waals surface area contributed by atoms with Gasteiger partial charge in [-0.25, -0.2) is 4.79 Å². The summed E-state index contributed by atoms with van der Waals surface area (Å²) < 4.78 is 5.53. The number of fused-ring (bicyclic) bond motifs is 2. The molecular formula is C40H48N8O3S. The lowest BCUT2D eigenvalue weighted by Crippen LogP contribution is -2.46. The molecule has 4 atom stereocenters. The quantitative estimate of drug-likeness (QED) is 0.0361. The molecule has 0 radical (unpaired) electrons. The number of rotatable bonds is 8.